The molecule has 0 spiro atoms. The van der Waals surface area contributed by atoms with Crippen molar-refractivity contribution in [2.75, 3.05) is 5.73 Å². The maximum Gasteiger partial charge on any atom is 0.174 e. The monoisotopic (exact) mass is 472 g/mol. The maximum absolute atomic E-state index is 14.7. The van der Waals surface area contributed by atoms with Crippen molar-refractivity contribution < 1.29 is 18.0 Å². The molecule has 6 nitrogen and oxygen atoms in total. The Labute approximate surface area is 190 Å². The molecule has 0 unspecified atom stereocenters. The van der Waals surface area contributed by atoms with Crippen molar-refractivity contribution in [1.29, 1.82) is 5.41 Å². The van der Waals surface area contributed by atoms with Gasteiger partial charge in [-0.25, -0.2) is 8.78 Å². The molecular weight excluding hydrogens is 458 g/mol. The molecule has 1 heterocycles. The second-order valence-corrected chi connectivity index (χ2v) is 7.80. The van der Waals surface area contributed by atoms with Gasteiger partial charge in [0.05, 0.1) is 10.3 Å². The standard InChI is InChI=1S/C22H15ClF2N4O2S/c23-13-3-5-18(14(9-13)12-2-4-19-15(8-12)22(27)29-31-19)30-20-10-17(25)21(11-16(20)24)32-28-7-1-6-26/h1-11,26,28H,(H2,27,29)/b7-1-,26-6?. The lowest BCUT2D eigenvalue weighted by Gasteiger charge is -2.14. The number of fused-ring (bicyclic) bond motifs is 1. The Morgan fingerprint density at radius 2 is 1.94 bits per heavy atom. The summed E-state index contributed by atoms with van der Waals surface area (Å²) < 4.78 is 42.7. The summed E-state index contributed by atoms with van der Waals surface area (Å²) in [6.07, 6.45) is 3.89. The van der Waals surface area contributed by atoms with Gasteiger partial charge in [-0.3, -0.25) is 0 Å². The minimum absolute atomic E-state index is 0.0363. The largest absolute Gasteiger partial charge is 0.454 e. The van der Waals surface area contributed by atoms with Crippen LogP contribution in [0, 0.1) is 17.0 Å². The lowest BCUT2D eigenvalue weighted by Crippen LogP contribution is -1.97. The van der Waals surface area contributed by atoms with Gasteiger partial charge in [-0.05, 0) is 60.0 Å². The highest BCUT2D eigenvalue weighted by atomic mass is 35.5. The van der Waals surface area contributed by atoms with E-state index in [-0.39, 0.29) is 22.2 Å². The third-order valence-electron chi connectivity index (χ3n) is 4.39. The fraction of sp³-hybridized carbons (Fsp3) is 0. The number of allylic oxidation sites excluding steroid dienone is 1. The van der Waals surface area contributed by atoms with Crippen molar-refractivity contribution in [2.45, 2.75) is 4.90 Å². The lowest BCUT2D eigenvalue weighted by molar-refractivity contribution is 0.434. The van der Waals surface area contributed by atoms with Gasteiger partial charge in [0.25, 0.3) is 0 Å². The van der Waals surface area contributed by atoms with Crippen molar-refractivity contribution in [1.82, 2.24) is 9.88 Å². The third-order valence-corrected chi connectivity index (χ3v) is 5.41. The van der Waals surface area contributed by atoms with Crippen molar-refractivity contribution in [3.63, 3.8) is 0 Å². The third kappa shape index (κ3) is 4.53. The number of nitrogens with zero attached hydrogens (tertiary/aromatic N) is 1. The van der Waals surface area contributed by atoms with Crippen molar-refractivity contribution >= 4 is 46.6 Å². The van der Waals surface area contributed by atoms with Gasteiger partial charge in [-0.1, -0.05) is 22.8 Å². The zero-order valence-corrected chi connectivity index (χ0v) is 17.8. The molecule has 0 saturated carbocycles. The molecule has 0 bridgehead atoms. The van der Waals surface area contributed by atoms with E-state index in [0.717, 1.165) is 30.3 Å². The first-order chi connectivity index (χ1) is 15.5. The number of hydrogen-bond donors (Lipinski definition) is 3. The maximum atomic E-state index is 14.7. The van der Waals surface area contributed by atoms with Gasteiger partial charge in [0.1, 0.15) is 11.6 Å². The molecule has 0 atom stereocenters. The zero-order valence-electron chi connectivity index (χ0n) is 16.2. The Morgan fingerprint density at radius 1 is 1.09 bits per heavy atom. The number of nitrogen functional groups attached to an aromatic ring is 1. The molecule has 4 N–H and O–H groups in total. The Balaban J connectivity index is 1.67. The molecule has 0 aliphatic carbocycles. The first-order valence-electron chi connectivity index (χ1n) is 9.16. The highest BCUT2D eigenvalue weighted by molar-refractivity contribution is 7.97. The van der Waals surface area contributed by atoms with Crippen LogP contribution in [0.4, 0.5) is 14.6 Å². The highest BCUT2D eigenvalue weighted by Gasteiger charge is 2.16. The first kappa shape index (κ1) is 21.7. The fourth-order valence-electron chi connectivity index (χ4n) is 2.91. The first-order valence-corrected chi connectivity index (χ1v) is 10.4. The topological polar surface area (TPSA) is 97.2 Å². The van der Waals surface area contributed by atoms with Gasteiger partial charge in [-0.2, -0.15) is 0 Å². The average molecular weight is 473 g/mol. The van der Waals surface area contributed by atoms with Crippen LogP contribution in [0.25, 0.3) is 22.1 Å². The van der Waals surface area contributed by atoms with Crippen molar-refractivity contribution in [3.8, 4) is 22.6 Å². The number of rotatable bonds is 7. The fourth-order valence-corrected chi connectivity index (χ4v) is 3.68. The minimum Gasteiger partial charge on any atom is -0.454 e. The molecular formula is C22H15ClF2N4O2S. The number of halogens is 3. The van der Waals surface area contributed by atoms with Crippen LogP contribution in [0.1, 0.15) is 0 Å². The van der Waals surface area contributed by atoms with E-state index >= 15 is 0 Å². The van der Waals surface area contributed by atoms with Gasteiger partial charge < -0.3 is 25.1 Å². The SMILES string of the molecule is N=C/C=C\NSc1cc(F)c(Oc2ccc(Cl)cc2-c2ccc3onc(N)c3c2)cc1F. The van der Waals surface area contributed by atoms with Crippen molar-refractivity contribution in [3.05, 3.63) is 77.5 Å². The highest BCUT2D eigenvalue weighted by Crippen LogP contribution is 2.39. The van der Waals surface area contributed by atoms with E-state index in [0.29, 0.717) is 27.1 Å². The number of nitrogens with two attached hydrogens (primary N) is 1. The summed E-state index contributed by atoms with van der Waals surface area (Å²) in [7, 11) is 0. The van der Waals surface area contributed by atoms with Crippen molar-refractivity contribution in [2.24, 2.45) is 0 Å². The molecule has 4 aromatic rings. The number of ether oxygens (including phenoxy) is 1. The van der Waals surface area contributed by atoms with E-state index in [1.165, 1.54) is 12.3 Å². The Morgan fingerprint density at radius 3 is 2.75 bits per heavy atom. The Hall–Kier alpha value is -3.56. The van der Waals surface area contributed by atoms with Crippen LogP contribution < -0.4 is 15.2 Å². The second kappa shape index (κ2) is 9.29. The molecule has 3 aromatic carbocycles. The predicted octanol–water partition coefficient (Wildman–Crippen LogP) is 6.56. The molecule has 162 valence electrons. The van der Waals surface area contributed by atoms with Gasteiger partial charge in [0.2, 0.25) is 0 Å². The minimum atomic E-state index is -0.744. The van der Waals surface area contributed by atoms with Crippen LogP contribution in [0.3, 0.4) is 0 Å². The normalized spacial score (nSPS) is 11.2. The smallest absolute Gasteiger partial charge is 0.174 e. The molecule has 0 fully saturated rings. The predicted molar refractivity (Wildman–Crippen MR) is 122 cm³/mol. The number of benzene rings is 3. The Bertz CT molecular complexity index is 1340. The van der Waals surface area contributed by atoms with E-state index in [1.54, 1.807) is 36.4 Å². The summed E-state index contributed by atoms with van der Waals surface area (Å²) in [6.45, 7) is 0. The van der Waals surface area contributed by atoms with E-state index < -0.39 is 11.6 Å². The number of anilines is 1. The summed E-state index contributed by atoms with van der Waals surface area (Å²) in [5, 5.41) is 11.7. The van der Waals surface area contributed by atoms with Crippen LogP contribution in [0.15, 0.2) is 70.2 Å². The molecule has 4 rings (SSSR count). The van der Waals surface area contributed by atoms with Gasteiger partial charge in [-0.15, -0.1) is 0 Å². The average Bonchev–Trinajstić information content (AvgIpc) is 3.15. The quantitative estimate of drug-likeness (QED) is 0.208. The summed E-state index contributed by atoms with van der Waals surface area (Å²) >= 11 is 7.04. The molecule has 1 aromatic heterocycles. The van der Waals surface area contributed by atoms with Crippen LogP contribution in [0.2, 0.25) is 5.02 Å². The molecule has 0 radical (unpaired) electrons. The summed E-state index contributed by atoms with van der Waals surface area (Å²) in [6, 6.07) is 12.0. The van der Waals surface area contributed by atoms with Gasteiger partial charge in [0.15, 0.2) is 23.0 Å². The molecule has 0 aliphatic rings. The van der Waals surface area contributed by atoms with E-state index in [1.807, 2.05) is 0 Å². The second-order valence-electron chi connectivity index (χ2n) is 6.48. The van der Waals surface area contributed by atoms with Crippen LogP contribution in [0.5, 0.6) is 11.5 Å². The molecule has 10 heteroatoms. The van der Waals surface area contributed by atoms with E-state index in [2.05, 4.69) is 9.88 Å². The molecule has 32 heavy (non-hydrogen) atoms. The zero-order chi connectivity index (χ0) is 22.7. The molecule has 0 amide bonds. The number of aromatic nitrogens is 1. The number of hydrogen-bond acceptors (Lipinski definition) is 7. The van der Waals surface area contributed by atoms with Crippen LogP contribution in [-0.2, 0) is 0 Å². The summed E-state index contributed by atoms with van der Waals surface area (Å²) in [4.78, 5) is 0.0363. The number of nitrogens with one attached hydrogen (secondary N) is 2. The lowest BCUT2D eigenvalue weighted by atomic mass is 10.0. The molecule has 0 saturated heterocycles. The van der Waals surface area contributed by atoms with Gasteiger partial charge >= 0.3 is 0 Å². The Kier molecular flexibility index (Phi) is 6.29. The molecule has 0 aliphatic heterocycles. The van der Waals surface area contributed by atoms with E-state index in [4.69, 9.17) is 32.0 Å². The summed E-state index contributed by atoms with van der Waals surface area (Å²) in [5.41, 5.74) is 7.59. The summed E-state index contributed by atoms with van der Waals surface area (Å²) in [5.74, 6) is -1.19. The van der Waals surface area contributed by atoms with Crippen LogP contribution >= 0.6 is 23.5 Å². The van der Waals surface area contributed by atoms with E-state index in [9.17, 15) is 8.78 Å². The van der Waals surface area contributed by atoms with Crippen LogP contribution in [-0.4, -0.2) is 11.4 Å². The van der Waals surface area contributed by atoms with Gasteiger partial charge in [0, 0.05) is 29.1 Å².